The Morgan fingerprint density at radius 3 is 2.38 bits per heavy atom. The molecule has 2 heteroatoms. The second-order valence-corrected chi connectivity index (χ2v) is 2.55. The van der Waals surface area contributed by atoms with Crippen LogP contribution in [0, 0.1) is 5.92 Å². The van der Waals surface area contributed by atoms with Crippen LogP contribution in [0.2, 0.25) is 0 Å². The van der Waals surface area contributed by atoms with E-state index in [2.05, 4.69) is 5.32 Å². The number of nitrogens with one attached hydrogen (secondary N) is 1. The molecule has 46 valence electrons. The van der Waals surface area contributed by atoms with Gasteiger partial charge < -0.3 is 5.32 Å². The first-order chi connectivity index (χ1) is 3.70. The summed E-state index contributed by atoms with van der Waals surface area (Å²) in [6, 6.07) is 0.400. The van der Waals surface area contributed by atoms with Gasteiger partial charge in [-0.2, -0.15) is 0 Å². The van der Waals surface area contributed by atoms with Gasteiger partial charge in [-0.1, -0.05) is 6.92 Å². The normalized spacial score (nSPS) is 37.5. The van der Waals surface area contributed by atoms with Crippen molar-refractivity contribution in [3.05, 3.63) is 0 Å². The molecule has 1 amide bonds. The molecule has 1 fully saturated rings. The zero-order valence-corrected chi connectivity index (χ0v) is 5.27. The van der Waals surface area contributed by atoms with Gasteiger partial charge in [0.1, 0.15) is 0 Å². The van der Waals surface area contributed by atoms with Gasteiger partial charge >= 0.3 is 0 Å². The third-order valence-corrected chi connectivity index (χ3v) is 1.54. The van der Waals surface area contributed by atoms with Crippen LogP contribution in [0.25, 0.3) is 0 Å². The SMILES string of the molecule is C[C@@H]1C[C@H](C)C(=O)N1. The predicted octanol–water partition coefficient (Wildman–Crippen LogP) is 0.531. The Kier molecular flexibility index (Phi) is 1.24. The van der Waals surface area contributed by atoms with E-state index in [4.69, 9.17) is 0 Å². The fraction of sp³-hybridized carbons (Fsp3) is 0.833. The minimum Gasteiger partial charge on any atom is -0.353 e. The number of amides is 1. The molecule has 2 atom stereocenters. The first-order valence-corrected chi connectivity index (χ1v) is 3.00. The van der Waals surface area contributed by atoms with Crippen LogP contribution in [0.4, 0.5) is 0 Å². The molecule has 0 aromatic carbocycles. The van der Waals surface area contributed by atoms with E-state index in [0.29, 0.717) is 6.04 Å². The summed E-state index contributed by atoms with van der Waals surface area (Å²) >= 11 is 0. The Balaban J connectivity index is 2.51. The molecule has 1 aliphatic rings. The monoisotopic (exact) mass is 113 g/mol. The quantitative estimate of drug-likeness (QED) is 0.488. The maximum atomic E-state index is 10.7. The van der Waals surface area contributed by atoms with E-state index in [0.717, 1.165) is 6.42 Å². The summed E-state index contributed by atoms with van der Waals surface area (Å²) in [4.78, 5) is 10.7. The molecule has 0 aromatic rings. The van der Waals surface area contributed by atoms with Crippen molar-refractivity contribution in [2.24, 2.45) is 5.92 Å². The van der Waals surface area contributed by atoms with E-state index in [9.17, 15) is 4.79 Å². The van der Waals surface area contributed by atoms with Crippen molar-refractivity contribution in [2.45, 2.75) is 26.3 Å². The molecule has 0 radical (unpaired) electrons. The minimum atomic E-state index is 0.206. The molecule has 0 unspecified atom stereocenters. The zero-order valence-electron chi connectivity index (χ0n) is 5.27. The van der Waals surface area contributed by atoms with Gasteiger partial charge in [-0.05, 0) is 13.3 Å². The highest BCUT2D eigenvalue weighted by Crippen LogP contribution is 2.12. The summed E-state index contributed by atoms with van der Waals surface area (Å²) in [5.41, 5.74) is 0. The van der Waals surface area contributed by atoms with Crippen LogP contribution in [-0.2, 0) is 4.79 Å². The Labute approximate surface area is 49.3 Å². The molecule has 0 aromatic heterocycles. The number of hydrogen-bond donors (Lipinski definition) is 1. The molecule has 0 spiro atoms. The van der Waals surface area contributed by atoms with Crippen LogP contribution >= 0.6 is 0 Å². The second kappa shape index (κ2) is 1.77. The molecule has 8 heavy (non-hydrogen) atoms. The largest absolute Gasteiger partial charge is 0.353 e. The fourth-order valence-corrected chi connectivity index (χ4v) is 1.08. The van der Waals surface area contributed by atoms with Gasteiger partial charge in [0.25, 0.3) is 0 Å². The summed E-state index contributed by atoms with van der Waals surface area (Å²) in [5.74, 6) is 0.447. The van der Waals surface area contributed by atoms with Gasteiger partial charge in [0.2, 0.25) is 5.91 Å². The Morgan fingerprint density at radius 2 is 2.25 bits per heavy atom. The lowest BCUT2D eigenvalue weighted by atomic mass is 10.1. The van der Waals surface area contributed by atoms with Crippen molar-refractivity contribution < 1.29 is 4.79 Å². The van der Waals surface area contributed by atoms with Crippen molar-refractivity contribution in [3.8, 4) is 0 Å². The third-order valence-electron chi connectivity index (χ3n) is 1.54. The Hall–Kier alpha value is -0.530. The van der Waals surface area contributed by atoms with Gasteiger partial charge in [0.05, 0.1) is 0 Å². The average Bonchev–Trinajstić information content (AvgIpc) is 1.85. The highest BCUT2D eigenvalue weighted by atomic mass is 16.2. The number of rotatable bonds is 0. The molecule has 1 N–H and O–H groups in total. The fourth-order valence-electron chi connectivity index (χ4n) is 1.08. The van der Waals surface area contributed by atoms with Crippen molar-refractivity contribution in [1.29, 1.82) is 0 Å². The minimum absolute atomic E-state index is 0.206. The van der Waals surface area contributed by atoms with Crippen LogP contribution in [-0.4, -0.2) is 11.9 Å². The van der Waals surface area contributed by atoms with Crippen molar-refractivity contribution in [1.82, 2.24) is 5.32 Å². The molecule has 1 aliphatic heterocycles. The summed E-state index contributed by atoms with van der Waals surface area (Å²) in [6.45, 7) is 3.99. The molecule has 1 rings (SSSR count). The lowest BCUT2D eigenvalue weighted by Crippen LogP contribution is -2.22. The molecule has 1 heterocycles. The summed E-state index contributed by atoms with van der Waals surface area (Å²) in [7, 11) is 0. The van der Waals surface area contributed by atoms with Crippen LogP contribution in [0.3, 0.4) is 0 Å². The molecule has 2 nitrogen and oxygen atoms in total. The molecular weight excluding hydrogens is 102 g/mol. The number of hydrogen-bond acceptors (Lipinski definition) is 1. The predicted molar refractivity (Wildman–Crippen MR) is 31.4 cm³/mol. The molecule has 0 bridgehead atoms. The zero-order chi connectivity index (χ0) is 6.15. The van der Waals surface area contributed by atoms with E-state index >= 15 is 0 Å². The van der Waals surface area contributed by atoms with E-state index in [-0.39, 0.29) is 11.8 Å². The molecule has 1 saturated heterocycles. The van der Waals surface area contributed by atoms with Crippen molar-refractivity contribution >= 4 is 5.91 Å². The molecule has 0 aliphatic carbocycles. The van der Waals surface area contributed by atoms with Gasteiger partial charge in [-0.15, -0.1) is 0 Å². The van der Waals surface area contributed by atoms with E-state index in [1.54, 1.807) is 0 Å². The highest BCUT2D eigenvalue weighted by molar-refractivity contribution is 5.80. The maximum absolute atomic E-state index is 10.7. The second-order valence-electron chi connectivity index (χ2n) is 2.55. The van der Waals surface area contributed by atoms with Gasteiger partial charge in [-0.25, -0.2) is 0 Å². The topological polar surface area (TPSA) is 29.1 Å². The van der Waals surface area contributed by atoms with Crippen LogP contribution in [0.15, 0.2) is 0 Å². The standard InChI is InChI=1S/C6H11NO/c1-4-3-5(2)7-6(4)8/h4-5H,3H2,1-2H3,(H,7,8)/t4-,5+/m0/s1. The lowest BCUT2D eigenvalue weighted by Gasteiger charge is -1.95. The third kappa shape index (κ3) is 0.831. The van der Waals surface area contributed by atoms with Crippen LogP contribution in [0.1, 0.15) is 20.3 Å². The van der Waals surface area contributed by atoms with Gasteiger partial charge in [-0.3, -0.25) is 4.79 Å². The first-order valence-electron chi connectivity index (χ1n) is 3.00. The Bertz CT molecular complexity index is 111. The van der Waals surface area contributed by atoms with E-state index < -0.39 is 0 Å². The molecule has 0 saturated carbocycles. The van der Waals surface area contributed by atoms with Crippen molar-refractivity contribution in [2.75, 3.05) is 0 Å². The smallest absolute Gasteiger partial charge is 0.223 e. The van der Waals surface area contributed by atoms with Crippen LogP contribution in [0.5, 0.6) is 0 Å². The van der Waals surface area contributed by atoms with Crippen molar-refractivity contribution in [3.63, 3.8) is 0 Å². The lowest BCUT2D eigenvalue weighted by molar-refractivity contribution is -0.122. The Morgan fingerprint density at radius 1 is 1.62 bits per heavy atom. The molecular formula is C6H11NO. The first kappa shape index (κ1) is 5.60. The number of carbonyl (C=O) groups excluding carboxylic acids is 1. The number of carbonyl (C=O) groups is 1. The van der Waals surface area contributed by atoms with E-state index in [1.165, 1.54) is 0 Å². The van der Waals surface area contributed by atoms with Crippen LogP contribution < -0.4 is 5.32 Å². The highest BCUT2D eigenvalue weighted by Gasteiger charge is 2.24. The maximum Gasteiger partial charge on any atom is 0.223 e. The van der Waals surface area contributed by atoms with Gasteiger partial charge in [0.15, 0.2) is 0 Å². The summed E-state index contributed by atoms with van der Waals surface area (Å²) in [6.07, 6.45) is 0.999. The average molecular weight is 113 g/mol. The summed E-state index contributed by atoms with van der Waals surface area (Å²) < 4.78 is 0. The van der Waals surface area contributed by atoms with Gasteiger partial charge in [0, 0.05) is 12.0 Å². The summed E-state index contributed by atoms with van der Waals surface area (Å²) in [5, 5.41) is 2.83. The van der Waals surface area contributed by atoms with E-state index in [1.807, 2.05) is 13.8 Å².